The van der Waals surface area contributed by atoms with Crippen LogP contribution in [0.5, 0.6) is 5.88 Å². The highest BCUT2D eigenvalue weighted by atomic mass is 16.5. The van der Waals surface area contributed by atoms with Gasteiger partial charge in [-0.05, 0) is 31.7 Å². The highest BCUT2D eigenvalue weighted by Gasteiger charge is 2.19. The van der Waals surface area contributed by atoms with Crippen molar-refractivity contribution in [1.29, 1.82) is 5.26 Å². The number of aromatic nitrogens is 3. The van der Waals surface area contributed by atoms with Crippen molar-refractivity contribution in [3.8, 4) is 11.9 Å². The lowest BCUT2D eigenvalue weighted by atomic mass is 9.98. The van der Waals surface area contributed by atoms with Crippen LogP contribution in [0.25, 0.3) is 10.9 Å². The molecule has 0 radical (unpaired) electrons. The third-order valence-corrected chi connectivity index (χ3v) is 3.59. The van der Waals surface area contributed by atoms with Gasteiger partial charge in [0, 0.05) is 6.20 Å². The number of nitriles is 1. The minimum atomic E-state index is 0.247. The molecule has 1 saturated carbocycles. The normalized spacial score (nSPS) is 16.4. The van der Waals surface area contributed by atoms with Crippen LogP contribution in [0.1, 0.15) is 37.8 Å². The van der Waals surface area contributed by atoms with Crippen LogP contribution in [-0.4, -0.2) is 21.3 Å². The summed E-state index contributed by atoms with van der Waals surface area (Å²) in [5.41, 5.74) is 1.60. The molecule has 2 heterocycles. The molecule has 98 valence electrons. The van der Waals surface area contributed by atoms with E-state index in [0.29, 0.717) is 12.3 Å². The average Bonchev–Trinajstić information content (AvgIpc) is 2.85. The van der Waals surface area contributed by atoms with Crippen molar-refractivity contribution in [3.05, 3.63) is 18.0 Å². The van der Waals surface area contributed by atoms with E-state index in [1.807, 2.05) is 6.07 Å². The zero-order chi connectivity index (χ0) is 13.1. The summed E-state index contributed by atoms with van der Waals surface area (Å²) in [5, 5.41) is 16.8. The summed E-state index contributed by atoms with van der Waals surface area (Å²) in [4.78, 5) is 4.32. The van der Waals surface area contributed by atoms with Gasteiger partial charge < -0.3 is 4.74 Å². The summed E-state index contributed by atoms with van der Waals surface area (Å²) in [7, 11) is 0. The third-order valence-electron chi connectivity index (χ3n) is 3.59. The molecule has 2 aromatic rings. The predicted molar refractivity (Wildman–Crippen MR) is 70.7 cm³/mol. The van der Waals surface area contributed by atoms with Crippen LogP contribution < -0.4 is 4.74 Å². The van der Waals surface area contributed by atoms with Gasteiger partial charge in [0.15, 0.2) is 0 Å². The fourth-order valence-electron chi connectivity index (χ4n) is 2.63. The molecule has 1 aliphatic rings. The first kappa shape index (κ1) is 12.0. The van der Waals surface area contributed by atoms with E-state index >= 15 is 0 Å². The molecule has 1 fully saturated rings. The fraction of sp³-hybridized carbons (Fsp3) is 0.500. The molecule has 0 spiro atoms. The highest BCUT2D eigenvalue weighted by Crippen LogP contribution is 2.29. The standard InChI is InChI=1S/C14H16N4O/c15-8-6-11-13-12(18-17-11)7-9-16-14(13)19-10-4-2-1-3-5-10/h7,9-10H,1-6H2,(H,17,18). The molecule has 19 heavy (non-hydrogen) atoms. The maximum Gasteiger partial charge on any atom is 0.225 e. The van der Waals surface area contributed by atoms with E-state index in [1.54, 1.807) is 6.20 Å². The van der Waals surface area contributed by atoms with Crippen molar-refractivity contribution >= 4 is 10.9 Å². The van der Waals surface area contributed by atoms with Crippen LogP contribution in [-0.2, 0) is 6.42 Å². The number of hydrogen-bond donors (Lipinski definition) is 1. The first-order valence-corrected chi connectivity index (χ1v) is 6.74. The number of nitrogens with zero attached hydrogens (tertiary/aromatic N) is 3. The number of H-pyrrole nitrogens is 1. The number of nitrogens with one attached hydrogen (secondary N) is 1. The maximum absolute atomic E-state index is 8.85. The van der Waals surface area contributed by atoms with Crippen LogP contribution in [0, 0.1) is 11.3 Å². The Balaban J connectivity index is 1.93. The first-order valence-electron chi connectivity index (χ1n) is 6.74. The zero-order valence-electron chi connectivity index (χ0n) is 10.7. The number of aromatic amines is 1. The Labute approximate surface area is 111 Å². The van der Waals surface area contributed by atoms with Crippen molar-refractivity contribution in [3.63, 3.8) is 0 Å². The van der Waals surface area contributed by atoms with E-state index < -0.39 is 0 Å². The second-order valence-corrected chi connectivity index (χ2v) is 4.93. The Morgan fingerprint density at radius 2 is 2.21 bits per heavy atom. The smallest absolute Gasteiger partial charge is 0.225 e. The summed E-state index contributed by atoms with van der Waals surface area (Å²) in [6, 6.07) is 3.97. The number of pyridine rings is 1. The third kappa shape index (κ3) is 2.39. The SMILES string of the molecule is N#CCc1[nH]nc2ccnc(OC3CCCCC3)c12. The van der Waals surface area contributed by atoms with Gasteiger partial charge in [-0.2, -0.15) is 10.4 Å². The van der Waals surface area contributed by atoms with Crippen LogP contribution in [0.3, 0.4) is 0 Å². The van der Waals surface area contributed by atoms with Gasteiger partial charge in [-0.3, -0.25) is 5.10 Å². The summed E-state index contributed by atoms with van der Waals surface area (Å²) >= 11 is 0. The average molecular weight is 256 g/mol. The Kier molecular flexibility index (Phi) is 3.32. The Hall–Kier alpha value is -2.09. The number of ether oxygens (including phenoxy) is 1. The second kappa shape index (κ2) is 5.27. The summed E-state index contributed by atoms with van der Waals surface area (Å²) < 4.78 is 6.03. The topological polar surface area (TPSA) is 74.6 Å². The van der Waals surface area contributed by atoms with Gasteiger partial charge in [0.2, 0.25) is 5.88 Å². The lowest BCUT2D eigenvalue weighted by Gasteiger charge is -2.22. The van der Waals surface area contributed by atoms with Crippen LogP contribution in [0.15, 0.2) is 12.3 Å². The predicted octanol–water partition coefficient (Wildman–Crippen LogP) is 2.74. The minimum absolute atomic E-state index is 0.247. The molecule has 1 aliphatic carbocycles. The van der Waals surface area contributed by atoms with Crippen LogP contribution >= 0.6 is 0 Å². The van der Waals surface area contributed by atoms with E-state index in [1.165, 1.54) is 19.3 Å². The molecule has 0 atom stereocenters. The lowest BCUT2D eigenvalue weighted by molar-refractivity contribution is 0.151. The number of fused-ring (bicyclic) bond motifs is 1. The molecule has 5 nitrogen and oxygen atoms in total. The van der Waals surface area contributed by atoms with Crippen molar-refractivity contribution in [1.82, 2.24) is 15.2 Å². The molecule has 0 amide bonds. The van der Waals surface area contributed by atoms with Gasteiger partial charge in [-0.25, -0.2) is 4.98 Å². The first-order chi connectivity index (χ1) is 9.38. The zero-order valence-corrected chi connectivity index (χ0v) is 10.7. The Morgan fingerprint density at radius 1 is 1.37 bits per heavy atom. The number of rotatable bonds is 3. The Morgan fingerprint density at radius 3 is 3.00 bits per heavy atom. The van der Waals surface area contributed by atoms with Crippen LogP contribution in [0.4, 0.5) is 0 Å². The molecule has 2 aromatic heterocycles. The van der Waals surface area contributed by atoms with E-state index in [2.05, 4.69) is 21.3 Å². The van der Waals surface area contributed by atoms with E-state index in [9.17, 15) is 0 Å². The molecule has 3 rings (SSSR count). The van der Waals surface area contributed by atoms with E-state index in [0.717, 1.165) is 29.4 Å². The van der Waals surface area contributed by atoms with Crippen molar-refractivity contribution in [2.24, 2.45) is 0 Å². The molecule has 1 N–H and O–H groups in total. The Bertz CT molecular complexity index is 607. The van der Waals surface area contributed by atoms with Gasteiger partial charge in [0.05, 0.1) is 29.1 Å². The largest absolute Gasteiger partial charge is 0.474 e. The van der Waals surface area contributed by atoms with Crippen molar-refractivity contribution in [2.75, 3.05) is 0 Å². The van der Waals surface area contributed by atoms with Crippen molar-refractivity contribution < 1.29 is 4.74 Å². The van der Waals surface area contributed by atoms with Gasteiger partial charge in [-0.15, -0.1) is 0 Å². The van der Waals surface area contributed by atoms with E-state index in [-0.39, 0.29) is 6.10 Å². The van der Waals surface area contributed by atoms with Gasteiger partial charge in [0.25, 0.3) is 0 Å². The van der Waals surface area contributed by atoms with Gasteiger partial charge in [-0.1, -0.05) is 6.42 Å². The molecule has 0 unspecified atom stereocenters. The second-order valence-electron chi connectivity index (χ2n) is 4.93. The number of hydrogen-bond acceptors (Lipinski definition) is 4. The minimum Gasteiger partial charge on any atom is -0.474 e. The molecule has 0 saturated heterocycles. The van der Waals surface area contributed by atoms with Gasteiger partial charge >= 0.3 is 0 Å². The quantitative estimate of drug-likeness (QED) is 0.916. The monoisotopic (exact) mass is 256 g/mol. The summed E-state index contributed by atoms with van der Waals surface area (Å²) in [6.45, 7) is 0. The maximum atomic E-state index is 8.85. The van der Waals surface area contributed by atoms with Crippen LogP contribution in [0.2, 0.25) is 0 Å². The highest BCUT2D eigenvalue weighted by molar-refractivity contribution is 5.86. The summed E-state index contributed by atoms with van der Waals surface area (Å²) in [6.07, 6.45) is 8.15. The molecule has 0 aliphatic heterocycles. The van der Waals surface area contributed by atoms with Crippen molar-refractivity contribution in [2.45, 2.75) is 44.6 Å². The molecular weight excluding hydrogens is 240 g/mol. The molecular formula is C14H16N4O. The molecule has 0 bridgehead atoms. The molecule has 5 heteroatoms. The molecule has 0 aromatic carbocycles. The van der Waals surface area contributed by atoms with Gasteiger partial charge in [0.1, 0.15) is 6.10 Å². The van der Waals surface area contributed by atoms with E-state index in [4.69, 9.17) is 10.00 Å². The summed E-state index contributed by atoms with van der Waals surface area (Å²) in [5.74, 6) is 0.614. The lowest BCUT2D eigenvalue weighted by Crippen LogP contribution is -2.20. The fourth-order valence-corrected chi connectivity index (χ4v) is 2.63.